The predicted molar refractivity (Wildman–Crippen MR) is 196 cm³/mol. The number of hydrogen-bond donors (Lipinski definition) is 0. The van der Waals surface area contributed by atoms with Crippen molar-refractivity contribution in [2.24, 2.45) is 0 Å². The van der Waals surface area contributed by atoms with E-state index in [0.29, 0.717) is 0 Å². The molecule has 0 N–H and O–H groups in total. The molecular formula is C41H25Ga2N3O2. The summed E-state index contributed by atoms with van der Waals surface area (Å²) in [5.41, 5.74) is 6.04. The van der Waals surface area contributed by atoms with Crippen LogP contribution in [0.15, 0.2) is 152 Å². The molecule has 48 heavy (non-hydrogen) atoms. The van der Waals surface area contributed by atoms with Crippen LogP contribution in [-0.2, 0) is 0 Å². The number of fused-ring (bicyclic) bond motifs is 8. The third-order valence-electron chi connectivity index (χ3n) is 10.2. The fraction of sp³-hybridized carbons (Fsp3) is 0. The van der Waals surface area contributed by atoms with Crippen molar-refractivity contribution in [1.29, 1.82) is 0 Å². The standard InChI is InChI=1S/C41H25N3O2.2Ga/c1-5-15-32(16-6-1)43(33-17-7-2-8-18-33)35-21-13-22-36(29-35)44(34-19-9-3-10-20-34)41-28-27-40(31-42-41)46-39-26-14-25-38(30-39)45-37-23-11-4-12-24-37;;/h1-17,19-23,25-27H;;. The Morgan fingerprint density at radius 1 is 0.417 bits per heavy atom. The Balaban J connectivity index is 1.22. The van der Waals surface area contributed by atoms with E-state index in [1.165, 1.54) is 43.3 Å². The number of anilines is 6. The summed E-state index contributed by atoms with van der Waals surface area (Å²) in [6.07, 6.45) is 0. The summed E-state index contributed by atoms with van der Waals surface area (Å²) in [6, 6.07) is 54.6. The van der Waals surface area contributed by atoms with Crippen molar-refractivity contribution in [3.8, 4) is 23.0 Å². The summed E-state index contributed by atoms with van der Waals surface area (Å²) in [5.74, 6) is 4.76. The first-order valence-electron chi connectivity index (χ1n) is 16.4. The molecule has 7 aromatic rings. The van der Waals surface area contributed by atoms with Crippen molar-refractivity contribution >= 4 is 91.5 Å². The second-order valence-electron chi connectivity index (χ2n) is 12.7. The molecule has 0 radical (unpaired) electrons. The van der Waals surface area contributed by atoms with Gasteiger partial charge in [0.05, 0.1) is 0 Å². The zero-order chi connectivity index (χ0) is 31.3. The molecule has 5 nitrogen and oxygen atoms in total. The fourth-order valence-electron chi connectivity index (χ4n) is 8.25. The van der Waals surface area contributed by atoms with Crippen LogP contribution < -0.4 is 44.1 Å². The zero-order valence-electron chi connectivity index (χ0n) is 25.7. The maximum atomic E-state index is 6.86. The molecule has 0 saturated carbocycles. The van der Waals surface area contributed by atoms with Gasteiger partial charge in [-0.15, -0.1) is 0 Å². The second kappa shape index (κ2) is 10.2. The molecule has 4 aliphatic heterocycles. The SMILES string of the molecule is c1ccc(N2c3cccc[c]3[Ga]3[c]4cc5[c](nc4N(c4ccccc4)c4cccc2[c]43)[Ga]2[c]3ccccc3Oc3cccc([c]32)O5)cc1. The van der Waals surface area contributed by atoms with Crippen molar-refractivity contribution in [3.63, 3.8) is 0 Å². The van der Waals surface area contributed by atoms with Crippen molar-refractivity contribution in [3.05, 3.63) is 152 Å². The molecule has 11 rings (SSSR count). The maximum absolute atomic E-state index is 6.86. The van der Waals surface area contributed by atoms with E-state index < -0.39 is 32.4 Å². The molecule has 0 bridgehead atoms. The molecule has 1 aromatic heterocycles. The Bertz CT molecular complexity index is 2450. The first kappa shape index (κ1) is 27.0. The van der Waals surface area contributed by atoms with E-state index in [1.54, 1.807) is 0 Å². The van der Waals surface area contributed by atoms with Crippen LogP contribution in [-0.4, -0.2) is 37.4 Å². The first-order valence-corrected chi connectivity index (χ1v) is 23.6. The molecule has 222 valence electrons. The molecule has 7 heteroatoms. The molecule has 4 aliphatic rings. The molecule has 0 fully saturated rings. The van der Waals surface area contributed by atoms with E-state index in [9.17, 15) is 0 Å². The number of benzene rings is 6. The Kier molecular flexibility index (Phi) is 5.74. The van der Waals surface area contributed by atoms with Crippen molar-refractivity contribution in [2.75, 3.05) is 9.80 Å². The van der Waals surface area contributed by atoms with Crippen LogP contribution in [0, 0.1) is 0 Å². The Labute approximate surface area is 288 Å². The summed E-state index contributed by atoms with van der Waals surface area (Å²) in [5, 5.41) is 0. The van der Waals surface area contributed by atoms with Gasteiger partial charge in [-0.05, 0) is 0 Å². The quantitative estimate of drug-likeness (QED) is 0.208. The first-order chi connectivity index (χ1) is 23.8. The minimum atomic E-state index is -2.74. The molecular weight excluding hydrogens is 706 g/mol. The summed E-state index contributed by atoms with van der Waals surface area (Å²) in [6.45, 7) is 0. The molecule has 0 amide bonds. The minimum absolute atomic E-state index is 0.913. The Hall–Kier alpha value is -5.06. The Morgan fingerprint density at radius 3 is 1.75 bits per heavy atom. The zero-order valence-corrected chi connectivity index (χ0v) is 30.6. The van der Waals surface area contributed by atoms with Gasteiger partial charge in [0.25, 0.3) is 0 Å². The van der Waals surface area contributed by atoms with Crippen molar-refractivity contribution < 1.29 is 9.47 Å². The van der Waals surface area contributed by atoms with Gasteiger partial charge in [0.15, 0.2) is 0 Å². The van der Waals surface area contributed by atoms with Gasteiger partial charge in [0, 0.05) is 0 Å². The van der Waals surface area contributed by atoms with Gasteiger partial charge in [0.1, 0.15) is 0 Å². The van der Waals surface area contributed by atoms with Gasteiger partial charge >= 0.3 is 290 Å². The number of aromatic nitrogens is 1. The summed E-state index contributed by atoms with van der Waals surface area (Å²) >= 11 is -5.44. The van der Waals surface area contributed by atoms with Crippen LogP contribution in [0.3, 0.4) is 0 Å². The van der Waals surface area contributed by atoms with E-state index in [0.717, 1.165) is 38.8 Å². The second-order valence-corrected chi connectivity index (χ2v) is 23.8. The summed E-state index contributed by atoms with van der Waals surface area (Å²) < 4.78 is 21.2. The number of pyridine rings is 1. The molecule has 5 heterocycles. The molecule has 6 aromatic carbocycles. The number of nitrogens with zero attached hydrogens (tertiary/aromatic N) is 3. The third-order valence-corrected chi connectivity index (χ3v) is 23.9. The Morgan fingerprint density at radius 2 is 0.979 bits per heavy atom. The third kappa shape index (κ3) is 3.70. The van der Waals surface area contributed by atoms with E-state index in [1.807, 2.05) is 6.07 Å². The topological polar surface area (TPSA) is 37.8 Å². The summed E-state index contributed by atoms with van der Waals surface area (Å²) in [7, 11) is 0. The predicted octanol–water partition coefficient (Wildman–Crippen LogP) is 5.89. The van der Waals surface area contributed by atoms with E-state index in [4.69, 9.17) is 14.5 Å². The average Bonchev–Trinajstić information content (AvgIpc) is 3.14. The van der Waals surface area contributed by atoms with E-state index in [2.05, 4.69) is 155 Å². The number of para-hydroxylation sites is 4. The molecule has 0 aliphatic carbocycles. The van der Waals surface area contributed by atoms with Crippen LogP contribution in [0.1, 0.15) is 0 Å². The number of ether oxygens (including phenoxy) is 2. The van der Waals surface area contributed by atoms with Gasteiger partial charge in [-0.3, -0.25) is 0 Å². The van der Waals surface area contributed by atoms with Gasteiger partial charge < -0.3 is 0 Å². The van der Waals surface area contributed by atoms with Crippen LogP contribution in [0.25, 0.3) is 0 Å². The van der Waals surface area contributed by atoms with Crippen LogP contribution in [0.5, 0.6) is 23.0 Å². The van der Waals surface area contributed by atoms with Gasteiger partial charge in [-0.2, -0.15) is 0 Å². The summed E-state index contributed by atoms with van der Waals surface area (Å²) in [4.78, 5) is 10.7. The van der Waals surface area contributed by atoms with Crippen molar-refractivity contribution in [2.45, 2.75) is 0 Å². The average molecular weight is 731 g/mol. The van der Waals surface area contributed by atoms with Gasteiger partial charge in [-0.1, -0.05) is 0 Å². The van der Waals surface area contributed by atoms with Crippen molar-refractivity contribution in [1.82, 2.24) is 4.98 Å². The molecule has 0 unspecified atom stereocenters. The van der Waals surface area contributed by atoms with Gasteiger partial charge in [-0.25, -0.2) is 0 Å². The number of hydrogen-bond acceptors (Lipinski definition) is 5. The van der Waals surface area contributed by atoms with Crippen LogP contribution in [0.4, 0.5) is 34.3 Å². The van der Waals surface area contributed by atoms with E-state index in [-0.39, 0.29) is 0 Å². The number of rotatable bonds is 2. The fourth-order valence-corrected chi connectivity index (χ4v) is 22.5. The van der Waals surface area contributed by atoms with Gasteiger partial charge in [0.2, 0.25) is 0 Å². The normalized spacial score (nSPS) is 14.0. The molecule has 0 spiro atoms. The molecule has 0 atom stereocenters. The van der Waals surface area contributed by atoms with E-state index >= 15 is 0 Å². The van der Waals surface area contributed by atoms with Crippen LogP contribution >= 0.6 is 0 Å². The monoisotopic (exact) mass is 729 g/mol. The molecule has 0 saturated heterocycles. The van der Waals surface area contributed by atoms with Crippen LogP contribution in [0.2, 0.25) is 0 Å².